The maximum Gasteiger partial charge on any atom is 0.217 e. The third-order valence-electron chi connectivity index (χ3n) is 7.63. The van der Waals surface area contributed by atoms with Crippen LogP contribution in [0.5, 0.6) is 0 Å². The monoisotopic (exact) mass is 530 g/mol. The highest BCUT2D eigenvalue weighted by molar-refractivity contribution is 5.73. The van der Waals surface area contributed by atoms with E-state index in [1.54, 1.807) is 0 Å². The van der Waals surface area contributed by atoms with Crippen molar-refractivity contribution in [3.63, 3.8) is 0 Å². The van der Waals surface area contributed by atoms with Crippen molar-refractivity contribution < 1.29 is 24.1 Å². The van der Waals surface area contributed by atoms with Gasteiger partial charge in [0.2, 0.25) is 5.91 Å². The van der Waals surface area contributed by atoms with Crippen LogP contribution in [-0.2, 0) is 32.2 Å². The molecule has 4 atom stereocenters. The Kier molecular flexibility index (Phi) is 9.06. The third-order valence-corrected chi connectivity index (χ3v) is 7.63. The molecule has 2 heterocycles. The average molecular weight is 531 g/mol. The fourth-order valence-corrected chi connectivity index (χ4v) is 5.32. The highest BCUT2D eigenvalue weighted by Crippen LogP contribution is 2.42. The molecular weight excluding hydrogens is 492 g/mol. The number of nitrogens with zero attached hydrogens (tertiary/aromatic N) is 1. The molecule has 3 aromatic carbocycles. The summed E-state index contributed by atoms with van der Waals surface area (Å²) < 4.78 is 18.9. The van der Waals surface area contributed by atoms with Gasteiger partial charge >= 0.3 is 0 Å². The van der Waals surface area contributed by atoms with Gasteiger partial charge in [0.25, 0.3) is 0 Å². The number of benzene rings is 3. The molecule has 206 valence electrons. The molecule has 2 saturated heterocycles. The van der Waals surface area contributed by atoms with Crippen LogP contribution in [-0.4, -0.2) is 54.9 Å². The van der Waals surface area contributed by atoms with E-state index in [0.29, 0.717) is 6.54 Å². The first-order valence-corrected chi connectivity index (χ1v) is 13.7. The van der Waals surface area contributed by atoms with Gasteiger partial charge in [0.05, 0.1) is 32.0 Å². The van der Waals surface area contributed by atoms with Gasteiger partial charge in [-0.15, -0.1) is 0 Å². The number of ether oxygens (including phenoxy) is 3. The van der Waals surface area contributed by atoms with Gasteiger partial charge in [-0.2, -0.15) is 0 Å². The van der Waals surface area contributed by atoms with Gasteiger partial charge in [-0.25, -0.2) is 0 Å². The van der Waals surface area contributed by atoms with Crippen molar-refractivity contribution in [2.75, 3.05) is 32.8 Å². The predicted molar refractivity (Wildman–Crippen MR) is 150 cm³/mol. The first kappa shape index (κ1) is 27.5. The number of rotatable bonds is 8. The van der Waals surface area contributed by atoms with Gasteiger partial charge in [-0.3, -0.25) is 9.69 Å². The summed E-state index contributed by atoms with van der Waals surface area (Å²) in [7, 11) is 0. The van der Waals surface area contributed by atoms with Crippen molar-refractivity contribution in [3.05, 3.63) is 95.1 Å². The van der Waals surface area contributed by atoms with Crippen molar-refractivity contribution in [2.24, 2.45) is 5.92 Å². The molecule has 0 spiro atoms. The van der Waals surface area contributed by atoms with E-state index in [1.807, 2.05) is 30.3 Å². The Labute approximate surface area is 230 Å². The van der Waals surface area contributed by atoms with Crippen LogP contribution in [0.4, 0.5) is 0 Å². The minimum absolute atomic E-state index is 0.0194. The number of nitrogens with one attached hydrogen (secondary N) is 1. The van der Waals surface area contributed by atoms with Crippen LogP contribution in [0.25, 0.3) is 11.1 Å². The van der Waals surface area contributed by atoms with E-state index in [2.05, 4.69) is 59.6 Å². The Hall–Kier alpha value is -3.07. The van der Waals surface area contributed by atoms with Gasteiger partial charge in [-0.05, 0) is 39.9 Å². The zero-order chi connectivity index (χ0) is 27.2. The molecule has 3 aromatic rings. The second-order valence-electron chi connectivity index (χ2n) is 10.5. The van der Waals surface area contributed by atoms with E-state index in [4.69, 9.17) is 14.2 Å². The van der Waals surface area contributed by atoms with Crippen LogP contribution in [0.2, 0.25) is 0 Å². The number of hydrogen-bond donors (Lipinski definition) is 2. The number of carbonyl (C=O) groups is 1. The fourth-order valence-electron chi connectivity index (χ4n) is 5.32. The molecule has 0 aromatic heterocycles. The topological polar surface area (TPSA) is 80.3 Å². The molecule has 2 aliphatic rings. The lowest BCUT2D eigenvalue weighted by Gasteiger charge is -2.43. The van der Waals surface area contributed by atoms with Gasteiger partial charge in [0.15, 0.2) is 6.29 Å². The van der Waals surface area contributed by atoms with Crippen LogP contribution in [0.1, 0.15) is 48.5 Å². The molecule has 1 amide bonds. The standard InChI is InChI=1S/C32H38N2O5/c1-22-30(20-34-13-15-37-16-14-34)38-32(39-31(22)26-11-9-24(21-35)10-12-26)29-8-4-7-28(18-29)27-6-3-5-25(17-27)19-33-23(2)36/h3-12,17-18,22,30-32,35H,13-16,19-21H2,1-2H3,(H,33,36)/t22-,30+,31+,32+/m1/s1. The number of carbonyl (C=O) groups excluding carboxylic acids is 1. The molecule has 0 unspecified atom stereocenters. The quantitative estimate of drug-likeness (QED) is 0.443. The summed E-state index contributed by atoms with van der Waals surface area (Å²) in [5.74, 6) is 0.0909. The molecule has 7 nitrogen and oxygen atoms in total. The van der Waals surface area contributed by atoms with Crippen molar-refractivity contribution in [3.8, 4) is 11.1 Å². The average Bonchev–Trinajstić information content (AvgIpc) is 2.98. The Morgan fingerprint density at radius 1 is 0.923 bits per heavy atom. The Balaban J connectivity index is 1.41. The highest BCUT2D eigenvalue weighted by atomic mass is 16.7. The first-order chi connectivity index (χ1) is 19.0. The van der Waals surface area contributed by atoms with Crippen molar-refractivity contribution in [2.45, 2.75) is 45.5 Å². The fraction of sp³-hybridized carbons (Fsp3) is 0.406. The van der Waals surface area contributed by atoms with E-state index in [1.165, 1.54) is 6.92 Å². The first-order valence-electron chi connectivity index (χ1n) is 13.7. The van der Waals surface area contributed by atoms with E-state index < -0.39 is 6.29 Å². The Bertz CT molecular complexity index is 1240. The van der Waals surface area contributed by atoms with Crippen LogP contribution < -0.4 is 5.32 Å². The second kappa shape index (κ2) is 12.9. The maximum absolute atomic E-state index is 11.4. The molecule has 2 fully saturated rings. The number of aliphatic hydroxyl groups excluding tert-OH is 1. The highest BCUT2D eigenvalue weighted by Gasteiger charge is 2.39. The lowest BCUT2D eigenvalue weighted by atomic mass is 9.89. The SMILES string of the molecule is CC(=O)NCc1cccc(-c2cccc([C@H]3O[C@@H](CN4CCOCC4)[C@@H](C)[C@@H](c4ccc(CO)cc4)O3)c2)c1. The number of morpholine rings is 1. The van der Waals surface area contributed by atoms with Crippen molar-refractivity contribution in [1.82, 2.24) is 10.2 Å². The van der Waals surface area contributed by atoms with Crippen molar-refractivity contribution >= 4 is 5.91 Å². The Morgan fingerprint density at radius 2 is 1.64 bits per heavy atom. The molecule has 0 aliphatic carbocycles. The van der Waals surface area contributed by atoms with Crippen LogP contribution in [0.3, 0.4) is 0 Å². The van der Waals surface area contributed by atoms with Crippen LogP contribution in [0, 0.1) is 5.92 Å². The van der Waals surface area contributed by atoms with Gasteiger partial charge in [0, 0.05) is 44.6 Å². The molecular formula is C32H38N2O5. The zero-order valence-corrected chi connectivity index (χ0v) is 22.7. The summed E-state index contributed by atoms with van der Waals surface area (Å²) in [6.07, 6.45) is -0.682. The van der Waals surface area contributed by atoms with E-state index in [0.717, 1.165) is 66.2 Å². The van der Waals surface area contributed by atoms with E-state index >= 15 is 0 Å². The van der Waals surface area contributed by atoms with Crippen LogP contribution >= 0.6 is 0 Å². The summed E-state index contributed by atoms with van der Waals surface area (Å²) >= 11 is 0. The van der Waals surface area contributed by atoms with Gasteiger partial charge in [0.1, 0.15) is 0 Å². The van der Waals surface area contributed by atoms with Gasteiger partial charge in [-0.1, -0.05) is 67.6 Å². The number of hydrogen-bond acceptors (Lipinski definition) is 6. The largest absolute Gasteiger partial charge is 0.392 e. The summed E-state index contributed by atoms with van der Waals surface area (Å²) in [6, 6.07) is 24.6. The van der Waals surface area contributed by atoms with E-state index in [9.17, 15) is 9.90 Å². The molecule has 39 heavy (non-hydrogen) atoms. The molecule has 5 rings (SSSR count). The molecule has 2 N–H and O–H groups in total. The lowest BCUT2D eigenvalue weighted by molar-refractivity contribution is -0.277. The smallest absolute Gasteiger partial charge is 0.217 e. The number of aliphatic hydroxyl groups is 1. The second-order valence-corrected chi connectivity index (χ2v) is 10.5. The molecule has 0 saturated carbocycles. The van der Waals surface area contributed by atoms with E-state index in [-0.39, 0.29) is 30.6 Å². The molecule has 7 heteroatoms. The maximum atomic E-state index is 11.4. The van der Waals surface area contributed by atoms with Gasteiger partial charge < -0.3 is 24.6 Å². The normalized spacial score (nSPS) is 23.9. The molecule has 0 radical (unpaired) electrons. The zero-order valence-electron chi connectivity index (χ0n) is 22.7. The summed E-state index contributed by atoms with van der Waals surface area (Å²) in [6.45, 7) is 8.35. The lowest BCUT2D eigenvalue weighted by Crippen LogP contribution is -2.47. The summed E-state index contributed by atoms with van der Waals surface area (Å²) in [4.78, 5) is 13.8. The Morgan fingerprint density at radius 3 is 2.36 bits per heavy atom. The summed E-state index contributed by atoms with van der Waals surface area (Å²) in [5, 5.41) is 12.4. The predicted octanol–water partition coefficient (Wildman–Crippen LogP) is 4.61. The minimum atomic E-state index is -0.516. The minimum Gasteiger partial charge on any atom is -0.392 e. The molecule has 2 aliphatic heterocycles. The third kappa shape index (κ3) is 6.93. The van der Waals surface area contributed by atoms with Crippen molar-refractivity contribution in [1.29, 1.82) is 0 Å². The summed E-state index contributed by atoms with van der Waals surface area (Å²) in [5.41, 5.74) is 6.12. The molecule has 0 bridgehead atoms. The number of amides is 1. The van der Waals surface area contributed by atoms with Crippen LogP contribution in [0.15, 0.2) is 72.8 Å².